The topological polar surface area (TPSA) is 98.5 Å². The second kappa shape index (κ2) is 7.42. The number of carbonyl (C=O) groups excluding carboxylic acids is 1. The van der Waals surface area contributed by atoms with Gasteiger partial charge in [0.05, 0.1) is 16.7 Å². The summed E-state index contributed by atoms with van der Waals surface area (Å²) in [5.74, 6) is -0.557. The van der Waals surface area contributed by atoms with Crippen LogP contribution in [-0.4, -0.2) is 33.6 Å². The molecule has 21 heavy (non-hydrogen) atoms. The molecule has 9 heteroatoms. The number of halogens is 2. The average Bonchev–Trinajstić information content (AvgIpc) is 2.37. The van der Waals surface area contributed by atoms with E-state index in [-0.39, 0.29) is 33.2 Å². The average molecular weight is 355 g/mol. The fraction of sp³-hybridized carbons (Fsp3) is 0.417. The SMILES string of the molecule is CCOC(C)CNC(=O)c1cc(Cl)cc(S(N)(=O)=O)c1Cl. The second-order valence-electron chi connectivity index (χ2n) is 4.29. The fourth-order valence-electron chi connectivity index (χ4n) is 1.61. The molecule has 0 aliphatic rings. The normalized spacial score (nSPS) is 13.0. The molecule has 0 spiro atoms. The van der Waals surface area contributed by atoms with E-state index >= 15 is 0 Å². The summed E-state index contributed by atoms with van der Waals surface area (Å²) in [6.07, 6.45) is -0.186. The second-order valence-corrected chi connectivity index (χ2v) is 6.63. The number of carbonyl (C=O) groups is 1. The van der Waals surface area contributed by atoms with E-state index in [0.29, 0.717) is 6.61 Å². The lowest BCUT2D eigenvalue weighted by Crippen LogP contribution is -2.32. The van der Waals surface area contributed by atoms with Gasteiger partial charge in [-0.2, -0.15) is 0 Å². The summed E-state index contributed by atoms with van der Waals surface area (Å²) in [5.41, 5.74) is -0.0584. The highest BCUT2D eigenvalue weighted by atomic mass is 35.5. The summed E-state index contributed by atoms with van der Waals surface area (Å²) in [6.45, 7) is 4.40. The van der Waals surface area contributed by atoms with E-state index in [1.165, 1.54) is 6.07 Å². The summed E-state index contributed by atoms with van der Waals surface area (Å²) in [6, 6.07) is 2.37. The number of hydrogen-bond donors (Lipinski definition) is 2. The molecule has 1 rings (SSSR count). The first-order valence-corrected chi connectivity index (χ1v) is 8.38. The minimum atomic E-state index is -4.07. The third-order valence-electron chi connectivity index (χ3n) is 2.56. The number of rotatable bonds is 6. The van der Waals surface area contributed by atoms with Gasteiger partial charge in [-0.1, -0.05) is 23.2 Å². The number of ether oxygens (including phenoxy) is 1. The Morgan fingerprint density at radius 2 is 2.05 bits per heavy atom. The molecule has 0 saturated heterocycles. The summed E-state index contributed by atoms with van der Waals surface area (Å²) in [5, 5.41) is 7.41. The third-order valence-corrected chi connectivity index (χ3v) is 4.23. The monoisotopic (exact) mass is 354 g/mol. The highest BCUT2D eigenvalue weighted by molar-refractivity contribution is 7.89. The van der Waals surface area contributed by atoms with Crippen molar-refractivity contribution in [3.05, 3.63) is 27.7 Å². The van der Waals surface area contributed by atoms with Gasteiger partial charge in [0, 0.05) is 18.2 Å². The molecule has 0 radical (unpaired) electrons. The van der Waals surface area contributed by atoms with Crippen LogP contribution in [0, 0.1) is 0 Å². The van der Waals surface area contributed by atoms with Crippen molar-refractivity contribution < 1.29 is 17.9 Å². The van der Waals surface area contributed by atoms with E-state index in [2.05, 4.69) is 5.32 Å². The molecule has 0 heterocycles. The van der Waals surface area contributed by atoms with E-state index in [1.807, 2.05) is 6.92 Å². The molecule has 1 unspecified atom stereocenters. The van der Waals surface area contributed by atoms with Crippen LogP contribution in [0.4, 0.5) is 0 Å². The summed E-state index contributed by atoms with van der Waals surface area (Å²) >= 11 is 11.7. The fourth-order valence-corrected chi connectivity index (χ4v) is 3.06. The Balaban J connectivity index is 3.03. The van der Waals surface area contributed by atoms with Crippen LogP contribution < -0.4 is 10.5 Å². The number of benzene rings is 1. The minimum absolute atomic E-state index is 0.0476. The molecular weight excluding hydrogens is 339 g/mol. The maximum Gasteiger partial charge on any atom is 0.252 e. The van der Waals surface area contributed by atoms with Crippen molar-refractivity contribution in [2.24, 2.45) is 5.14 Å². The highest BCUT2D eigenvalue weighted by Gasteiger charge is 2.21. The standard InChI is InChI=1S/C12H16Cl2N2O4S/c1-3-20-7(2)6-16-12(17)9-4-8(13)5-10(11(9)14)21(15,18)19/h4-5,7H,3,6H2,1-2H3,(H,16,17)(H2,15,18,19). The first-order valence-electron chi connectivity index (χ1n) is 6.08. The van der Waals surface area contributed by atoms with E-state index in [1.54, 1.807) is 6.92 Å². The van der Waals surface area contributed by atoms with E-state index in [9.17, 15) is 13.2 Å². The van der Waals surface area contributed by atoms with Crippen molar-refractivity contribution in [2.45, 2.75) is 24.8 Å². The first kappa shape index (κ1) is 18.2. The van der Waals surface area contributed by atoms with Crippen molar-refractivity contribution in [2.75, 3.05) is 13.2 Å². The summed E-state index contributed by atoms with van der Waals surface area (Å²) in [4.78, 5) is 11.7. The van der Waals surface area contributed by atoms with Crippen molar-refractivity contribution in [1.29, 1.82) is 0 Å². The minimum Gasteiger partial charge on any atom is -0.377 e. The molecule has 0 fully saturated rings. The zero-order valence-corrected chi connectivity index (χ0v) is 13.8. The number of sulfonamides is 1. The van der Waals surface area contributed by atoms with E-state index < -0.39 is 15.9 Å². The number of primary sulfonamides is 1. The molecule has 118 valence electrons. The van der Waals surface area contributed by atoms with Gasteiger partial charge >= 0.3 is 0 Å². The van der Waals surface area contributed by atoms with Crippen LogP contribution in [0.1, 0.15) is 24.2 Å². The van der Waals surface area contributed by atoms with Gasteiger partial charge in [-0.15, -0.1) is 0 Å². The zero-order valence-electron chi connectivity index (χ0n) is 11.5. The van der Waals surface area contributed by atoms with Gasteiger partial charge in [0.2, 0.25) is 10.0 Å². The maximum atomic E-state index is 12.1. The van der Waals surface area contributed by atoms with Gasteiger partial charge in [0.1, 0.15) is 4.90 Å². The van der Waals surface area contributed by atoms with Crippen LogP contribution in [0.5, 0.6) is 0 Å². The quantitative estimate of drug-likeness (QED) is 0.813. The van der Waals surface area contributed by atoms with Crippen molar-refractivity contribution in [1.82, 2.24) is 5.32 Å². The maximum absolute atomic E-state index is 12.1. The Morgan fingerprint density at radius 3 is 2.57 bits per heavy atom. The zero-order chi connectivity index (χ0) is 16.2. The summed E-state index contributed by atoms with van der Waals surface area (Å²) in [7, 11) is -4.07. The van der Waals surface area contributed by atoms with Crippen LogP contribution in [-0.2, 0) is 14.8 Å². The molecule has 3 N–H and O–H groups in total. The number of amides is 1. The van der Waals surface area contributed by atoms with Crippen LogP contribution in [0.15, 0.2) is 17.0 Å². The number of nitrogens with one attached hydrogen (secondary N) is 1. The van der Waals surface area contributed by atoms with Crippen molar-refractivity contribution in [3.8, 4) is 0 Å². The largest absolute Gasteiger partial charge is 0.377 e. The van der Waals surface area contributed by atoms with Crippen LogP contribution in [0.2, 0.25) is 10.0 Å². The molecule has 1 amide bonds. The lowest BCUT2D eigenvalue weighted by Gasteiger charge is -2.14. The van der Waals surface area contributed by atoms with Crippen LogP contribution in [0.25, 0.3) is 0 Å². The molecule has 1 atom stereocenters. The van der Waals surface area contributed by atoms with E-state index in [0.717, 1.165) is 6.07 Å². The smallest absolute Gasteiger partial charge is 0.252 e. The van der Waals surface area contributed by atoms with Gasteiger partial charge in [0.25, 0.3) is 5.91 Å². The lowest BCUT2D eigenvalue weighted by atomic mass is 10.2. The van der Waals surface area contributed by atoms with Gasteiger partial charge in [-0.3, -0.25) is 4.79 Å². The molecule has 1 aromatic carbocycles. The molecular formula is C12H16Cl2N2O4S. The number of nitrogens with two attached hydrogens (primary N) is 1. The van der Waals surface area contributed by atoms with Gasteiger partial charge < -0.3 is 10.1 Å². The van der Waals surface area contributed by atoms with Crippen molar-refractivity contribution in [3.63, 3.8) is 0 Å². The Hall–Kier alpha value is -0.860. The lowest BCUT2D eigenvalue weighted by molar-refractivity contribution is 0.0695. The molecule has 0 saturated carbocycles. The Labute approximate surface area is 133 Å². The van der Waals surface area contributed by atoms with Gasteiger partial charge in [0.15, 0.2) is 0 Å². The van der Waals surface area contributed by atoms with Crippen LogP contribution >= 0.6 is 23.2 Å². The molecule has 1 aromatic rings. The molecule has 0 aliphatic carbocycles. The first-order chi connectivity index (χ1) is 9.66. The third kappa shape index (κ3) is 5.12. The number of hydrogen-bond acceptors (Lipinski definition) is 4. The molecule has 0 aromatic heterocycles. The molecule has 0 bridgehead atoms. The van der Waals surface area contributed by atoms with Crippen LogP contribution in [0.3, 0.4) is 0 Å². The predicted octanol–water partition coefficient (Wildman–Crippen LogP) is 1.80. The van der Waals surface area contributed by atoms with E-state index in [4.69, 9.17) is 33.1 Å². The Morgan fingerprint density at radius 1 is 1.43 bits per heavy atom. The molecule has 0 aliphatic heterocycles. The summed E-state index contributed by atoms with van der Waals surface area (Å²) < 4.78 is 28.1. The molecule has 6 nitrogen and oxygen atoms in total. The van der Waals surface area contributed by atoms with Gasteiger partial charge in [-0.25, -0.2) is 13.6 Å². The Bertz CT molecular complexity index is 634. The Kier molecular flexibility index (Phi) is 6.42. The van der Waals surface area contributed by atoms with Gasteiger partial charge in [-0.05, 0) is 26.0 Å². The highest BCUT2D eigenvalue weighted by Crippen LogP contribution is 2.28. The predicted molar refractivity (Wildman–Crippen MR) is 81.3 cm³/mol. The van der Waals surface area contributed by atoms with Crippen molar-refractivity contribution >= 4 is 39.1 Å².